The first-order valence-electron chi connectivity index (χ1n) is 11.0. The normalized spacial score (nSPS) is 11.9. The van der Waals surface area contributed by atoms with Crippen molar-refractivity contribution in [2.24, 2.45) is 11.5 Å². The van der Waals surface area contributed by atoms with Crippen LogP contribution >= 0.6 is 0 Å². The molecule has 0 aliphatic carbocycles. The number of fused-ring (bicyclic) bond motifs is 1. The summed E-state index contributed by atoms with van der Waals surface area (Å²) in [6.07, 6.45) is 2.70. The van der Waals surface area contributed by atoms with Gasteiger partial charge in [-0.3, -0.25) is 9.59 Å². The molecule has 0 spiro atoms. The number of aromatic nitrogens is 1. The third kappa shape index (κ3) is 6.38. The van der Waals surface area contributed by atoms with Gasteiger partial charge in [0, 0.05) is 6.54 Å². The molecule has 8 nitrogen and oxygen atoms in total. The molecule has 0 aliphatic rings. The Hall–Kier alpha value is -3.23. The highest BCUT2D eigenvalue weighted by Gasteiger charge is 2.30. The van der Waals surface area contributed by atoms with Gasteiger partial charge in [0.1, 0.15) is 11.6 Å². The Morgan fingerprint density at radius 1 is 1.03 bits per heavy atom. The maximum Gasteiger partial charge on any atom is 0.242 e. The second kappa shape index (κ2) is 12.0. The molecule has 1 atom stereocenters. The highest BCUT2D eigenvalue weighted by molar-refractivity contribution is 5.88. The first-order chi connectivity index (χ1) is 15.6. The number of nitrogens with one attached hydrogen (secondary N) is 1. The molecule has 0 saturated carbocycles. The predicted octanol–water partition coefficient (Wildman–Crippen LogP) is 1.97. The number of carbonyl (C=O) groups is 2. The van der Waals surface area contributed by atoms with Crippen LogP contribution in [-0.2, 0) is 22.6 Å². The lowest BCUT2D eigenvalue weighted by atomic mass is 10.1. The summed E-state index contributed by atoms with van der Waals surface area (Å²) >= 11 is 0. The number of nitrogens with zero attached hydrogens (tertiary/aromatic N) is 2. The van der Waals surface area contributed by atoms with Gasteiger partial charge in [-0.15, -0.1) is 0 Å². The van der Waals surface area contributed by atoms with Gasteiger partial charge in [0.2, 0.25) is 17.7 Å². The van der Waals surface area contributed by atoms with Crippen molar-refractivity contribution in [3.63, 3.8) is 0 Å². The van der Waals surface area contributed by atoms with E-state index in [1.165, 1.54) is 10.5 Å². The van der Waals surface area contributed by atoms with Crippen molar-refractivity contribution in [2.75, 3.05) is 19.6 Å². The fraction of sp³-hybridized carbons (Fsp3) is 0.375. The molecular weight excluding hydrogens is 406 g/mol. The van der Waals surface area contributed by atoms with E-state index >= 15 is 0 Å². The third-order valence-corrected chi connectivity index (χ3v) is 5.28. The standard InChI is InChI=1S/C24H31N5O3/c25-14-6-12-20(24(31)27-15-7-10-18-8-2-1-3-9-18)29(23(30)16-26)17-22-28-19-11-4-5-13-21(19)32-22/h1-5,8-9,11,13,20H,6-7,10,12,14-17,25-26H2,(H,27,31). The molecule has 0 saturated heterocycles. The van der Waals surface area contributed by atoms with Crippen LogP contribution in [0.2, 0.25) is 0 Å². The number of para-hydroxylation sites is 2. The maximum absolute atomic E-state index is 13.0. The number of nitrogens with two attached hydrogens (primary N) is 2. The number of rotatable bonds is 12. The quantitative estimate of drug-likeness (QED) is 0.372. The average molecular weight is 438 g/mol. The van der Waals surface area contributed by atoms with E-state index in [4.69, 9.17) is 15.9 Å². The van der Waals surface area contributed by atoms with Gasteiger partial charge < -0.3 is 26.1 Å². The van der Waals surface area contributed by atoms with E-state index in [0.717, 1.165) is 12.8 Å². The number of benzene rings is 2. The van der Waals surface area contributed by atoms with Crippen molar-refractivity contribution in [3.05, 3.63) is 66.1 Å². The van der Waals surface area contributed by atoms with Crippen molar-refractivity contribution in [1.29, 1.82) is 0 Å². The van der Waals surface area contributed by atoms with Crippen molar-refractivity contribution in [1.82, 2.24) is 15.2 Å². The lowest BCUT2D eigenvalue weighted by Gasteiger charge is -2.29. The van der Waals surface area contributed by atoms with Gasteiger partial charge in [-0.05, 0) is 49.9 Å². The molecule has 0 fully saturated rings. The maximum atomic E-state index is 13.0. The second-order valence-corrected chi connectivity index (χ2v) is 7.63. The van der Waals surface area contributed by atoms with Crippen LogP contribution in [0.3, 0.4) is 0 Å². The van der Waals surface area contributed by atoms with E-state index < -0.39 is 6.04 Å². The minimum atomic E-state index is -0.693. The van der Waals surface area contributed by atoms with E-state index in [2.05, 4.69) is 22.4 Å². The van der Waals surface area contributed by atoms with Crippen LogP contribution in [0.15, 0.2) is 59.0 Å². The van der Waals surface area contributed by atoms with Crippen molar-refractivity contribution < 1.29 is 14.0 Å². The Morgan fingerprint density at radius 3 is 2.50 bits per heavy atom. The first kappa shape index (κ1) is 23.4. The molecule has 1 aromatic heterocycles. The van der Waals surface area contributed by atoms with Crippen molar-refractivity contribution in [3.8, 4) is 0 Å². The van der Waals surface area contributed by atoms with E-state index in [-0.39, 0.29) is 24.9 Å². The smallest absolute Gasteiger partial charge is 0.242 e. The Balaban J connectivity index is 1.68. The summed E-state index contributed by atoms with van der Waals surface area (Å²) in [6.45, 7) is 0.795. The highest BCUT2D eigenvalue weighted by Crippen LogP contribution is 2.18. The number of amides is 2. The number of oxazole rings is 1. The monoisotopic (exact) mass is 437 g/mol. The van der Waals surface area contributed by atoms with Crippen LogP contribution in [0.1, 0.15) is 30.7 Å². The molecule has 0 bridgehead atoms. The molecule has 8 heteroatoms. The molecule has 3 aromatic rings. The molecule has 3 rings (SSSR count). The molecule has 5 N–H and O–H groups in total. The fourth-order valence-corrected chi connectivity index (χ4v) is 3.63. The lowest BCUT2D eigenvalue weighted by Crippen LogP contribution is -2.51. The van der Waals surface area contributed by atoms with Gasteiger partial charge in [-0.1, -0.05) is 42.5 Å². The van der Waals surface area contributed by atoms with E-state index in [9.17, 15) is 9.59 Å². The number of hydrogen-bond acceptors (Lipinski definition) is 6. The van der Waals surface area contributed by atoms with Crippen LogP contribution in [0, 0.1) is 0 Å². The molecule has 0 radical (unpaired) electrons. The van der Waals surface area contributed by atoms with Crippen LogP contribution in [-0.4, -0.2) is 47.4 Å². The Morgan fingerprint density at radius 2 is 1.78 bits per heavy atom. The van der Waals surface area contributed by atoms with E-state index in [1.54, 1.807) is 0 Å². The molecule has 1 unspecified atom stereocenters. The molecular formula is C24H31N5O3. The Labute approximate surface area is 188 Å². The number of carbonyl (C=O) groups excluding carboxylic acids is 2. The Bertz CT molecular complexity index is 972. The summed E-state index contributed by atoms with van der Waals surface area (Å²) in [4.78, 5) is 31.6. The van der Waals surface area contributed by atoms with Gasteiger partial charge in [0.05, 0.1) is 13.1 Å². The minimum Gasteiger partial charge on any atom is -0.439 e. The largest absolute Gasteiger partial charge is 0.439 e. The summed E-state index contributed by atoms with van der Waals surface area (Å²) in [5, 5.41) is 2.97. The molecule has 2 amide bonds. The number of hydrogen-bond donors (Lipinski definition) is 3. The number of aryl methyl sites for hydroxylation is 1. The predicted molar refractivity (Wildman–Crippen MR) is 123 cm³/mol. The molecule has 32 heavy (non-hydrogen) atoms. The third-order valence-electron chi connectivity index (χ3n) is 5.28. The summed E-state index contributed by atoms with van der Waals surface area (Å²) in [7, 11) is 0. The van der Waals surface area contributed by atoms with Gasteiger partial charge in [-0.2, -0.15) is 0 Å². The summed E-state index contributed by atoms with van der Waals surface area (Å²) in [5.41, 5.74) is 13.9. The van der Waals surface area contributed by atoms with Crippen molar-refractivity contribution in [2.45, 2.75) is 38.3 Å². The highest BCUT2D eigenvalue weighted by atomic mass is 16.3. The van der Waals surface area contributed by atoms with Gasteiger partial charge in [-0.25, -0.2) is 4.98 Å². The molecule has 0 aliphatic heterocycles. The van der Waals surface area contributed by atoms with Crippen molar-refractivity contribution >= 4 is 22.9 Å². The lowest BCUT2D eigenvalue weighted by molar-refractivity contribution is -0.140. The first-order valence-corrected chi connectivity index (χ1v) is 11.0. The summed E-state index contributed by atoms with van der Waals surface area (Å²) in [6, 6.07) is 16.8. The molecule has 2 aromatic carbocycles. The SMILES string of the molecule is NCCCC(C(=O)NCCCc1ccccc1)N(Cc1nc2ccccc2o1)C(=O)CN. The van der Waals surface area contributed by atoms with Gasteiger partial charge in [0.25, 0.3) is 0 Å². The van der Waals surface area contributed by atoms with E-state index in [0.29, 0.717) is 42.9 Å². The Kier molecular flexibility index (Phi) is 8.77. The topological polar surface area (TPSA) is 127 Å². The van der Waals surface area contributed by atoms with Gasteiger partial charge in [0.15, 0.2) is 5.58 Å². The fourth-order valence-electron chi connectivity index (χ4n) is 3.63. The average Bonchev–Trinajstić information content (AvgIpc) is 3.24. The zero-order valence-electron chi connectivity index (χ0n) is 18.2. The summed E-state index contributed by atoms with van der Waals surface area (Å²) in [5.74, 6) is -0.194. The zero-order chi connectivity index (χ0) is 22.8. The molecule has 170 valence electrons. The van der Waals surface area contributed by atoms with Crippen LogP contribution in [0.4, 0.5) is 0 Å². The minimum absolute atomic E-state index is 0.0669. The van der Waals surface area contributed by atoms with Gasteiger partial charge >= 0.3 is 0 Å². The second-order valence-electron chi connectivity index (χ2n) is 7.63. The van der Waals surface area contributed by atoms with Crippen LogP contribution < -0.4 is 16.8 Å². The van der Waals surface area contributed by atoms with E-state index in [1.807, 2.05) is 42.5 Å². The van der Waals surface area contributed by atoms with Crippen LogP contribution in [0.25, 0.3) is 11.1 Å². The zero-order valence-corrected chi connectivity index (χ0v) is 18.2. The van der Waals surface area contributed by atoms with Crippen LogP contribution in [0.5, 0.6) is 0 Å². The summed E-state index contributed by atoms with van der Waals surface area (Å²) < 4.78 is 5.77. The molecule has 1 heterocycles.